The molecule has 0 saturated carbocycles. The summed E-state index contributed by atoms with van der Waals surface area (Å²) in [6, 6.07) is 6.82. The summed E-state index contributed by atoms with van der Waals surface area (Å²) in [7, 11) is 0. The lowest BCUT2D eigenvalue weighted by molar-refractivity contribution is -0.274. The fraction of sp³-hybridized carbons (Fsp3) is 0.300. The van der Waals surface area contributed by atoms with Crippen LogP contribution in [0.25, 0.3) is 0 Å². The van der Waals surface area contributed by atoms with E-state index in [9.17, 15) is 27.6 Å². The molecular weight excluding hydrogens is 488 g/mol. The van der Waals surface area contributed by atoms with Crippen LogP contribution in [-0.2, 0) is 16.0 Å². The number of alkyl halides is 3. The predicted octanol–water partition coefficient (Wildman–Crippen LogP) is 3.54. The molecule has 2 fully saturated rings. The SMILES string of the molecule is NC(=O)[C@H]1CN2C(=O)N(c3cc(Cl)nc(Cl)c3)C(=O)[C@]2(Cc2ccc(OC(F)(F)F)cc2)C1. The first-order chi connectivity index (χ1) is 15.4. The monoisotopic (exact) mass is 502 g/mol. The maximum absolute atomic E-state index is 13.6. The minimum atomic E-state index is -4.85. The third-order valence-corrected chi connectivity index (χ3v) is 5.98. The van der Waals surface area contributed by atoms with Crippen molar-refractivity contribution in [2.75, 3.05) is 11.4 Å². The van der Waals surface area contributed by atoms with Gasteiger partial charge in [-0.05, 0) is 36.2 Å². The van der Waals surface area contributed by atoms with Crippen LogP contribution < -0.4 is 15.4 Å². The number of amides is 4. The van der Waals surface area contributed by atoms with Gasteiger partial charge in [0.05, 0.1) is 11.6 Å². The van der Waals surface area contributed by atoms with Crippen molar-refractivity contribution < 1.29 is 32.3 Å². The molecule has 2 aliphatic rings. The third-order valence-electron chi connectivity index (χ3n) is 5.59. The lowest BCUT2D eigenvalue weighted by atomic mass is 9.85. The number of carbonyl (C=O) groups is 3. The van der Waals surface area contributed by atoms with E-state index in [0.29, 0.717) is 5.56 Å². The fourth-order valence-electron chi connectivity index (χ4n) is 4.25. The molecule has 1 aromatic heterocycles. The van der Waals surface area contributed by atoms with Gasteiger partial charge in [0.15, 0.2) is 0 Å². The van der Waals surface area contributed by atoms with Crippen LogP contribution in [0.5, 0.6) is 5.75 Å². The summed E-state index contributed by atoms with van der Waals surface area (Å²) in [5.74, 6) is -2.50. The molecule has 2 aliphatic heterocycles. The normalized spacial score (nSPS) is 22.6. The Morgan fingerprint density at radius 2 is 1.79 bits per heavy atom. The van der Waals surface area contributed by atoms with E-state index >= 15 is 0 Å². The number of urea groups is 1. The molecule has 2 saturated heterocycles. The van der Waals surface area contributed by atoms with Gasteiger partial charge in [-0.3, -0.25) is 9.59 Å². The van der Waals surface area contributed by atoms with Gasteiger partial charge in [-0.2, -0.15) is 0 Å². The number of nitrogens with two attached hydrogens (primary N) is 1. The molecule has 2 aromatic rings. The Bertz CT molecular complexity index is 1120. The van der Waals surface area contributed by atoms with Gasteiger partial charge < -0.3 is 15.4 Å². The number of imide groups is 1. The zero-order valence-electron chi connectivity index (χ0n) is 16.6. The number of pyridine rings is 1. The number of rotatable bonds is 5. The van der Waals surface area contributed by atoms with Crippen molar-refractivity contribution >= 4 is 46.7 Å². The summed E-state index contributed by atoms with van der Waals surface area (Å²) in [4.78, 5) is 44.6. The molecule has 2 atom stereocenters. The van der Waals surface area contributed by atoms with E-state index in [1.165, 1.54) is 29.2 Å². The van der Waals surface area contributed by atoms with Crippen molar-refractivity contribution in [2.45, 2.75) is 24.7 Å². The molecule has 0 spiro atoms. The summed E-state index contributed by atoms with van der Waals surface area (Å²) < 4.78 is 41.2. The third kappa shape index (κ3) is 4.30. The first-order valence-electron chi connectivity index (χ1n) is 9.53. The van der Waals surface area contributed by atoms with Gasteiger partial charge in [0, 0.05) is 13.0 Å². The van der Waals surface area contributed by atoms with E-state index in [1.807, 2.05) is 0 Å². The van der Waals surface area contributed by atoms with Crippen LogP contribution in [0.4, 0.5) is 23.7 Å². The molecule has 0 radical (unpaired) electrons. The number of hydrogen-bond acceptors (Lipinski definition) is 5. The highest BCUT2D eigenvalue weighted by Gasteiger charge is 2.63. The van der Waals surface area contributed by atoms with E-state index in [0.717, 1.165) is 17.0 Å². The summed E-state index contributed by atoms with van der Waals surface area (Å²) in [5, 5.41) is -0.0658. The number of primary amides is 1. The van der Waals surface area contributed by atoms with Gasteiger partial charge in [0.1, 0.15) is 21.6 Å². The number of anilines is 1. The van der Waals surface area contributed by atoms with Gasteiger partial charge in [0.25, 0.3) is 5.91 Å². The number of aromatic nitrogens is 1. The molecule has 174 valence electrons. The van der Waals surface area contributed by atoms with Crippen molar-refractivity contribution in [1.82, 2.24) is 9.88 Å². The number of carbonyl (C=O) groups excluding carboxylic acids is 3. The summed E-state index contributed by atoms with van der Waals surface area (Å²) in [6.07, 6.45) is -4.95. The Morgan fingerprint density at radius 3 is 2.33 bits per heavy atom. The number of nitrogens with zero attached hydrogens (tertiary/aromatic N) is 3. The first kappa shape index (κ1) is 23.1. The Balaban J connectivity index is 1.70. The summed E-state index contributed by atoms with van der Waals surface area (Å²) in [6.45, 7) is -0.0851. The maximum atomic E-state index is 13.6. The van der Waals surface area contributed by atoms with Crippen molar-refractivity contribution in [2.24, 2.45) is 11.7 Å². The average molecular weight is 503 g/mol. The van der Waals surface area contributed by atoms with Gasteiger partial charge in [0.2, 0.25) is 5.91 Å². The zero-order valence-corrected chi connectivity index (χ0v) is 18.1. The topological polar surface area (TPSA) is 106 Å². The van der Waals surface area contributed by atoms with E-state index in [1.54, 1.807) is 0 Å². The van der Waals surface area contributed by atoms with E-state index in [-0.39, 0.29) is 35.4 Å². The van der Waals surface area contributed by atoms with Crippen LogP contribution in [0.3, 0.4) is 0 Å². The summed E-state index contributed by atoms with van der Waals surface area (Å²) >= 11 is 11.8. The number of fused-ring (bicyclic) bond motifs is 1. The second kappa shape index (κ2) is 8.07. The van der Waals surface area contributed by atoms with Crippen LogP contribution in [-0.4, -0.2) is 46.2 Å². The molecule has 0 aliphatic carbocycles. The van der Waals surface area contributed by atoms with Gasteiger partial charge in [-0.15, -0.1) is 13.2 Å². The molecule has 4 amide bonds. The minimum Gasteiger partial charge on any atom is -0.406 e. The van der Waals surface area contributed by atoms with Gasteiger partial charge in [-0.25, -0.2) is 14.7 Å². The standard InChI is InChI=1S/C20H15Cl2F3N4O4/c21-14-5-12(6-15(22)27-14)29-17(31)19(8-11(16(26)30)9-28(19)18(29)32)7-10-1-3-13(4-2-10)33-20(23,24)25/h1-6,11H,7-9H2,(H2,26,30)/t11-,19+/m1/s1. The second-order valence-electron chi connectivity index (χ2n) is 7.71. The molecule has 2 N–H and O–H groups in total. The Hall–Kier alpha value is -3.05. The average Bonchev–Trinajstić information content (AvgIpc) is 3.16. The highest BCUT2D eigenvalue weighted by atomic mass is 35.5. The molecule has 1 aromatic carbocycles. The highest BCUT2D eigenvalue weighted by molar-refractivity contribution is 6.33. The lowest BCUT2D eigenvalue weighted by Crippen LogP contribution is -2.47. The van der Waals surface area contributed by atoms with Gasteiger partial charge >= 0.3 is 12.4 Å². The molecule has 33 heavy (non-hydrogen) atoms. The quantitative estimate of drug-likeness (QED) is 0.497. The number of halogens is 5. The minimum absolute atomic E-state index is 0.0329. The number of benzene rings is 1. The lowest BCUT2D eigenvalue weighted by Gasteiger charge is -2.28. The Kier molecular flexibility index (Phi) is 5.65. The zero-order chi connectivity index (χ0) is 24.1. The van der Waals surface area contributed by atoms with Crippen molar-refractivity contribution in [3.8, 4) is 5.75 Å². The van der Waals surface area contributed by atoms with E-state index in [4.69, 9.17) is 28.9 Å². The molecular formula is C20H15Cl2F3N4O4. The van der Waals surface area contributed by atoms with Crippen molar-refractivity contribution in [3.05, 3.63) is 52.3 Å². The fourth-order valence-corrected chi connectivity index (χ4v) is 4.70. The molecule has 0 unspecified atom stereocenters. The summed E-state index contributed by atoms with van der Waals surface area (Å²) in [5.41, 5.74) is 4.53. The number of ether oxygens (including phenoxy) is 1. The van der Waals surface area contributed by atoms with Gasteiger partial charge in [-0.1, -0.05) is 35.3 Å². The predicted molar refractivity (Wildman–Crippen MR) is 111 cm³/mol. The second-order valence-corrected chi connectivity index (χ2v) is 8.48. The van der Waals surface area contributed by atoms with Crippen molar-refractivity contribution in [3.63, 3.8) is 0 Å². The van der Waals surface area contributed by atoms with Crippen LogP contribution in [0.2, 0.25) is 10.3 Å². The Labute approximate surface area is 195 Å². The smallest absolute Gasteiger partial charge is 0.406 e. The maximum Gasteiger partial charge on any atom is 0.573 e. The Morgan fingerprint density at radius 1 is 1.18 bits per heavy atom. The molecule has 0 bridgehead atoms. The molecule has 13 heteroatoms. The van der Waals surface area contributed by atoms with Crippen LogP contribution in [0.15, 0.2) is 36.4 Å². The number of hydrogen-bond donors (Lipinski definition) is 1. The van der Waals surface area contributed by atoms with E-state index in [2.05, 4.69) is 9.72 Å². The molecule has 4 rings (SSSR count). The van der Waals surface area contributed by atoms with Crippen molar-refractivity contribution in [1.29, 1.82) is 0 Å². The molecule has 8 nitrogen and oxygen atoms in total. The van der Waals surface area contributed by atoms with E-state index < -0.39 is 41.4 Å². The molecule has 3 heterocycles. The van der Waals surface area contributed by atoms with Crippen LogP contribution in [0, 0.1) is 5.92 Å². The van der Waals surface area contributed by atoms with Crippen LogP contribution in [0.1, 0.15) is 12.0 Å². The first-order valence-corrected chi connectivity index (χ1v) is 10.3. The van der Waals surface area contributed by atoms with Crippen LogP contribution >= 0.6 is 23.2 Å². The largest absolute Gasteiger partial charge is 0.573 e. The highest BCUT2D eigenvalue weighted by Crippen LogP contribution is 2.45.